The second kappa shape index (κ2) is 8.74. The zero-order valence-electron chi connectivity index (χ0n) is 13.4. The third-order valence-electron chi connectivity index (χ3n) is 3.32. The number of thioether (sulfide) groups is 1. The van der Waals surface area contributed by atoms with Crippen LogP contribution in [0.4, 0.5) is 0 Å². The second-order valence-corrected chi connectivity index (χ2v) is 7.73. The van der Waals surface area contributed by atoms with Gasteiger partial charge in [0.25, 0.3) is 5.91 Å². The van der Waals surface area contributed by atoms with Gasteiger partial charge in [0.05, 0.1) is 17.1 Å². The summed E-state index contributed by atoms with van der Waals surface area (Å²) in [7, 11) is 0. The molecular weight excluding hydrogens is 369 g/mol. The predicted molar refractivity (Wildman–Crippen MR) is 100 cm³/mol. The number of nitrogens with one attached hydrogen (secondary N) is 2. The van der Waals surface area contributed by atoms with Crippen LogP contribution in [-0.4, -0.2) is 35.3 Å². The maximum atomic E-state index is 12.5. The van der Waals surface area contributed by atoms with Gasteiger partial charge in [-0.15, -0.1) is 0 Å². The number of amidine groups is 1. The number of carbonyl (C=O) groups is 2. The molecule has 5 nitrogen and oxygen atoms in total. The Kier molecular flexibility index (Phi) is 6.95. The summed E-state index contributed by atoms with van der Waals surface area (Å²) in [6.07, 6.45) is 0.515. The SMILES string of the molecule is CC(C)CC(NC(=O)c1ccc(Cl)cc1Cl)C(=O)NC1=NCCS1. The molecule has 0 saturated heterocycles. The molecule has 1 unspecified atom stereocenters. The van der Waals surface area contributed by atoms with Crippen LogP contribution in [0.1, 0.15) is 30.6 Å². The van der Waals surface area contributed by atoms with Crippen molar-refractivity contribution < 1.29 is 9.59 Å². The molecule has 1 atom stereocenters. The normalized spacial score (nSPS) is 15.1. The molecule has 8 heteroatoms. The molecule has 1 aliphatic heterocycles. The van der Waals surface area contributed by atoms with Crippen molar-refractivity contribution in [3.8, 4) is 0 Å². The lowest BCUT2D eigenvalue weighted by Crippen LogP contribution is -2.48. The van der Waals surface area contributed by atoms with E-state index in [-0.39, 0.29) is 22.4 Å². The summed E-state index contributed by atoms with van der Waals surface area (Å²) in [5.41, 5.74) is 0.287. The summed E-state index contributed by atoms with van der Waals surface area (Å²) in [5, 5.41) is 6.83. The van der Waals surface area contributed by atoms with Crippen LogP contribution >= 0.6 is 35.0 Å². The molecule has 2 rings (SSSR count). The van der Waals surface area contributed by atoms with Crippen LogP contribution in [0, 0.1) is 5.92 Å². The highest BCUT2D eigenvalue weighted by molar-refractivity contribution is 8.14. The average molecular weight is 388 g/mol. The minimum absolute atomic E-state index is 0.236. The molecule has 0 radical (unpaired) electrons. The van der Waals surface area contributed by atoms with Gasteiger partial charge in [0.1, 0.15) is 6.04 Å². The standard InChI is InChI=1S/C16H19Cl2N3O2S/c1-9(2)7-13(15(23)21-16-19-5-6-24-16)20-14(22)11-4-3-10(17)8-12(11)18/h3-4,8-9,13H,5-7H2,1-2H3,(H,20,22)(H,19,21,23). The fraction of sp³-hybridized carbons (Fsp3) is 0.438. The van der Waals surface area contributed by atoms with Crippen LogP contribution in [0.25, 0.3) is 0 Å². The Morgan fingerprint density at radius 3 is 2.67 bits per heavy atom. The van der Waals surface area contributed by atoms with E-state index in [0.29, 0.717) is 23.2 Å². The largest absolute Gasteiger partial charge is 0.340 e. The Labute approximate surface area is 155 Å². The Balaban J connectivity index is 2.09. The maximum absolute atomic E-state index is 12.5. The van der Waals surface area contributed by atoms with E-state index in [1.807, 2.05) is 13.8 Å². The maximum Gasteiger partial charge on any atom is 0.253 e. The van der Waals surface area contributed by atoms with Crippen molar-refractivity contribution in [3.63, 3.8) is 0 Å². The zero-order chi connectivity index (χ0) is 17.7. The molecule has 1 heterocycles. The van der Waals surface area contributed by atoms with Gasteiger partial charge in [0, 0.05) is 10.8 Å². The molecule has 1 aliphatic rings. The molecular formula is C16H19Cl2N3O2S. The molecule has 0 bridgehead atoms. The van der Waals surface area contributed by atoms with Gasteiger partial charge in [-0.2, -0.15) is 0 Å². The van der Waals surface area contributed by atoms with Crippen molar-refractivity contribution >= 4 is 51.9 Å². The van der Waals surface area contributed by atoms with Crippen molar-refractivity contribution in [2.24, 2.45) is 10.9 Å². The number of hydrogen-bond donors (Lipinski definition) is 2. The smallest absolute Gasteiger partial charge is 0.253 e. The number of hydrogen-bond acceptors (Lipinski definition) is 4. The number of benzene rings is 1. The quantitative estimate of drug-likeness (QED) is 0.813. The van der Waals surface area contributed by atoms with Crippen LogP contribution in [0.5, 0.6) is 0 Å². The molecule has 1 aromatic rings. The minimum Gasteiger partial charge on any atom is -0.340 e. The summed E-state index contributed by atoms with van der Waals surface area (Å²) in [6, 6.07) is 3.97. The fourth-order valence-corrected chi connectivity index (χ4v) is 3.44. The fourth-order valence-electron chi connectivity index (χ4n) is 2.22. The number of rotatable bonds is 5. The van der Waals surface area contributed by atoms with Gasteiger partial charge in [-0.05, 0) is 30.5 Å². The first-order valence-corrected chi connectivity index (χ1v) is 9.35. The molecule has 130 valence electrons. The Hall–Kier alpha value is -1.24. The molecule has 2 N–H and O–H groups in total. The van der Waals surface area contributed by atoms with Crippen LogP contribution in [-0.2, 0) is 4.79 Å². The van der Waals surface area contributed by atoms with E-state index in [1.54, 1.807) is 12.1 Å². The second-order valence-electron chi connectivity index (χ2n) is 5.80. The lowest BCUT2D eigenvalue weighted by Gasteiger charge is -2.20. The van der Waals surface area contributed by atoms with E-state index in [0.717, 1.165) is 5.75 Å². The monoisotopic (exact) mass is 387 g/mol. The van der Waals surface area contributed by atoms with Crippen LogP contribution in [0.2, 0.25) is 10.0 Å². The van der Waals surface area contributed by atoms with E-state index in [4.69, 9.17) is 23.2 Å². The van der Waals surface area contributed by atoms with Crippen LogP contribution in [0.3, 0.4) is 0 Å². The van der Waals surface area contributed by atoms with E-state index >= 15 is 0 Å². The number of nitrogens with zero attached hydrogens (tertiary/aromatic N) is 1. The topological polar surface area (TPSA) is 70.6 Å². The molecule has 0 spiro atoms. The summed E-state index contributed by atoms with van der Waals surface area (Å²) >= 11 is 13.4. The van der Waals surface area contributed by atoms with Gasteiger partial charge in [-0.25, -0.2) is 0 Å². The lowest BCUT2D eigenvalue weighted by atomic mass is 10.0. The molecule has 1 aromatic carbocycles. The number of amides is 2. The minimum atomic E-state index is -0.659. The first-order chi connectivity index (χ1) is 11.4. The number of carbonyl (C=O) groups excluding carboxylic acids is 2. The summed E-state index contributed by atoms with van der Waals surface area (Å²) in [4.78, 5) is 29.1. The molecule has 2 amide bonds. The predicted octanol–water partition coefficient (Wildman–Crippen LogP) is 3.36. The van der Waals surface area contributed by atoms with E-state index in [9.17, 15) is 9.59 Å². The van der Waals surface area contributed by atoms with Gasteiger partial charge < -0.3 is 10.6 Å². The molecule has 0 aromatic heterocycles. The zero-order valence-corrected chi connectivity index (χ0v) is 15.8. The highest BCUT2D eigenvalue weighted by Gasteiger charge is 2.25. The molecule has 0 fully saturated rings. The summed E-state index contributed by atoms with van der Waals surface area (Å²) in [6.45, 7) is 4.68. The highest BCUT2D eigenvalue weighted by Crippen LogP contribution is 2.21. The Morgan fingerprint density at radius 2 is 2.08 bits per heavy atom. The summed E-state index contributed by atoms with van der Waals surface area (Å²) in [5.74, 6) is 0.422. The Bertz CT molecular complexity index is 665. The first-order valence-electron chi connectivity index (χ1n) is 7.61. The Morgan fingerprint density at radius 1 is 1.33 bits per heavy atom. The highest BCUT2D eigenvalue weighted by atomic mass is 35.5. The molecule has 24 heavy (non-hydrogen) atoms. The average Bonchev–Trinajstić information content (AvgIpc) is 2.98. The van der Waals surface area contributed by atoms with Gasteiger partial charge in [-0.3, -0.25) is 14.6 Å². The lowest BCUT2D eigenvalue weighted by molar-refractivity contribution is -0.121. The van der Waals surface area contributed by atoms with Crippen LogP contribution < -0.4 is 10.6 Å². The third kappa shape index (κ3) is 5.40. The van der Waals surface area contributed by atoms with Crippen molar-refractivity contribution in [1.82, 2.24) is 10.6 Å². The van der Waals surface area contributed by atoms with E-state index in [2.05, 4.69) is 15.6 Å². The third-order valence-corrected chi connectivity index (χ3v) is 4.76. The van der Waals surface area contributed by atoms with Gasteiger partial charge >= 0.3 is 0 Å². The van der Waals surface area contributed by atoms with E-state index < -0.39 is 11.9 Å². The van der Waals surface area contributed by atoms with Crippen molar-refractivity contribution in [2.45, 2.75) is 26.3 Å². The van der Waals surface area contributed by atoms with Crippen molar-refractivity contribution in [1.29, 1.82) is 0 Å². The molecule has 0 saturated carbocycles. The van der Waals surface area contributed by atoms with Gasteiger partial charge in [-0.1, -0.05) is 48.8 Å². The van der Waals surface area contributed by atoms with Crippen molar-refractivity contribution in [2.75, 3.05) is 12.3 Å². The molecule has 0 aliphatic carbocycles. The van der Waals surface area contributed by atoms with Gasteiger partial charge in [0.2, 0.25) is 5.91 Å². The van der Waals surface area contributed by atoms with Crippen LogP contribution in [0.15, 0.2) is 23.2 Å². The van der Waals surface area contributed by atoms with Crippen molar-refractivity contribution in [3.05, 3.63) is 33.8 Å². The van der Waals surface area contributed by atoms with E-state index in [1.165, 1.54) is 17.8 Å². The first kappa shape index (κ1) is 19.1. The number of halogens is 2. The van der Waals surface area contributed by atoms with Gasteiger partial charge in [0.15, 0.2) is 5.17 Å². The summed E-state index contributed by atoms with van der Waals surface area (Å²) < 4.78 is 0. The number of aliphatic imine (C=N–C) groups is 1.